The largest absolute Gasteiger partial charge is 4.00 e. The van der Waals surface area contributed by atoms with Crippen molar-refractivity contribution in [3.63, 3.8) is 0 Å². The summed E-state index contributed by atoms with van der Waals surface area (Å²) in [5.74, 6) is -2.69. The van der Waals surface area contributed by atoms with Gasteiger partial charge >= 0.3 is 21.1 Å². The molecule has 0 aliphatic rings. The van der Waals surface area contributed by atoms with Gasteiger partial charge in [-0.1, -0.05) is 30.0 Å². The van der Waals surface area contributed by atoms with Crippen LogP contribution >= 0.6 is 0 Å². The first-order valence-electron chi connectivity index (χ1n) is 5.90. The molecule has 1 heterocycles. The van der Waals surface area contributed by atoms with Crippen molar-refractivity contribution < 1.29 is 45.9 Å². The van der Waals surface area contributed by atoms with E-state index in [-0.39, 0.29) is 55.7 Å². The first-order valence-corrected chi connectivity index (χ1v) is 5.90. The standard InChI is InChI=1S/C15H10O6.2H3N.Pt/c16-8-4-11(19)15-12(20)6-13(21-14(15)5-8)7-1-2-9(17)10(18)3-7;;;/h1-6,16-19H;2*1H3;/q;;;+4/p-4. The molecule has 0 saturated heterocycles. The maximum atomic E-state index is 12.0. The van der Waals surface area contributed by atoms with Crippen LogP contribution in [0.5, 0.6) is 23.0 Å². The molecule has 24 heavy (non-hydrogen) atoms. The van der Waals surface area contributed by atoms with Gasteiger partial charge in [-0.2, -0.15) is 0 Å². The second-order valence-electron chi connectivity index (χ2n) is 4.43. The van der Waals surface area contributed by atoms with Crippen LogP contribution in [0.4, 0.5) is 0 Å². The molecule has 1 aromatic heterocycles. The molecule has 3 rings (SSSR count). The van der Waals surface area contributed by atoms with Crippen molar-refractivity contribution in [1.29, 1.82) is 0 Å². The summed E-state index contributed by atoms with van der Waals surface area (Å²) in [5.41, 5.74) is -0.536. The number of fused-ring (bicyclic) bond motifs is 1. The van der Waals surface area contributed by atoms with Gasteiger partial charge in [0.15, 0.2) is 5.43 Å². The number of hydrogen-bond donors (Lipinski definition) is 2. The topological polar surface area (TPSA) is 192 Å². The van der Waals surface area contributed by atoms with Gasteiger partial charge in [0.05, 0.1) is 5.39 Å². The van der Waals surface area contributed by atoms with E-state index in [0.29, 0.717) is 0 Å². The van der Waals surface area contributed by atoms with Crippen molar-refractivity contribution in [3.05, 3.63) is 46.6 Å². The Hall–Kier alpha value is -2.54. The minimum absolute atomic E-state index is 0. The van der Waals surface area contributed by atoms with Crippen molar-refractivity contribution in [3.8, 4) is 34.3 Å². The minimum atomic E-state index is -0.739. The third-order valence-corrected chi connectivity index (χ3v) is 3.00. The van der Waals surface area contributed by atoms with Crippen molar-refractivity contribution in [1.82, 2.24) is 12.3 Å². The van der Waals surface area contributed by atoms with Gasteiger partial charge in [0.1, 0.15) is 11.3 Å². The zero-order valence-corrected chi connectivity index (χ0v) is 14.4. The molecule has 0 radical (unpaired) electrons. The van der Waals surface area contributed by atoms with E-state index in [4.69, 9.17) is 4.42 Å². The third-order valence-electron chi connectivity index (χ3n) is 3.00. The molecule has 3 aromatic rings. The average Bonchev–Trinajstić information content (AvgIpc) is 2.40. The Kier molecular flexibility index (Phi) is 7.00. The van der Waals surface area contributed by atoms with Gasteiger partial charge in [-0.3, -0.25) is 4.79 Å². The van der Waals surface area contributed by atoms with Crippen LogP contribution in [0, 0.1) is 0 Å². The molecule has 128 valence electrons. The molecule has 0 bridgehead atoms. The van der Waals surface area contributed by atoms with Gasteiger partial charge < -0.3 is 37.1 Å². The van der Waals surface area contributed by atoms with E-state index in [1.165, 1.54) is 6.07 Å². The predicted molar refractivity (Wildman–Crippen MR) is 75.7 cm³/mol. The average molecular weight is 511 g/mol. The number of hydrogen-bond acceptors (Lipinski definition) is 8. The monoisotopic (exact) mass is 511 g/mol. The van der Waals surface area contributed by atoms with Crippen LogP contribution in [0.1, 0.15) is 0 Å². The van der Waals surface area contributed by atoms with Crippen LogP contribution in [0.2, 0.25) is 0 Å². The number of benzene rings is 2. The van der Waals surface area contributed by atoms with Crippen LogP contribution in [-0.2, 0) is 21.1 Å². The molecule has 0 fully saturated rings. The molecule has 0 unspecified atom stereocenters. The van der Waals surface area contributed by atoms with E-state index in [1.807, 2.05) is 0 Å². The zero-order chi connectivity index (χ0) is 15.1. The fraction of sp³-hybridized carbons (Fsp3) is 0. The molecule has 0 spiro atoms. The fourth-order valence-corrected chi connectivity index (χ4v) is 2.03. The summed E-state index contributed by atoms with van der Waals surface area (Å²) in [4.78, 5) is 12.0. The van der Waals surface area contributed by atoms with E-state index < -0.39 is 28.4 Å². The Balaban J connectivity index is 0.00000176. The van der Waals surface area contributed by atoms with Crippen molar-refractivity contribution in [2.45, 2.75) is 0 Å². The Morgan fingerprint density at radius 3 is 2.08 bits per heavy atom. The number of rotatable bonds is 1. The first-order chi connectivity index (χ1) is 9.95. The van der Waals surface area contributed by atoms with Gasteiger partial charge in [0.2, 0.25) is 0 Å². The molecular formula is C15H12N2O6Pt. The van der Waals surface area contributed by atoms with Gasteiger partial charge in [-0.05, 0) is 6.07 Å². The fourth-order valence-electron chi connectivity index (χ4n) is 2.03. The van der Waals surface area contributed by atoms with Crippen LogP contribution in [0.15, 0.2) is 45.6 Å². The molecule has 9 heteroatoms. The molecule has 0 aliphatic carbocycles. The maximum Gasteiger partial charge on any atom is 4.00 e. The quantitative estimate of drug-likeness (QED) is 0.458. The van der Waals surface area contributed by atoms with E-state index >= 15 is 0 Å². The van der Waals surface area contributed by atoms with Crippen LogP contribution in [0.25, 0.3) is 22.3 Å². The summed E-state index contributed by atoms with van der Waals surface area (Å²) in [7, 11) is 0. The predicted octanol–water partition coefficient (Wildman–Crippen LogP) is 0.0759. The molecule has 0 saturated carbocycles. The van der Waals surface area contributed by atoms with E-state index in [9.17, 15) is 25.2 Å². The van der Waals surface area contributed by atoms with Gasteiger partial charge in [0.25, 0.3) is 0 Å². The van der Waals surface area contributed by atoms with Crippen LogP contribution < -0.4 is 38.2 Å². The summed E-state index contributed by atoms with van der Waals surface area (Å²) in [6, 6.07) is 6.31. The molecule has 6 N–H and O–H groups in total. The third kappa shape index (κ3) is 3.68. The Morgan fingerprint density at radius 1 is 0.792 bits per heavy atom. The summed E-state index contributed by atoms with van der Waals surface area (Å²) >= 11 is 0. The van der Waals surface area contributed by atoms with E-state index in [0.717, 1.165) is 30.3 Å². The van der Waals surface area contributed by atoms with Gasteiger partial charge in [-0.25, -0.2) is 0 Å². The molecule has 0 amide bonds. The minimum Gasteiger partial charge on any atom is -0.873 e. The molecule has 2 aromatic carbocycles. The first kappa shape index (κ1) is 21.5. The summed E-state index contributed by atoms with van der Waals surface area (Å²) < 4.78 is 5.34. The summed E-state index contributed by atoms with van der Waals surface area (Å²) in [5, 5.41) is 45.1. The Bertz CT molecular complexity index is 926. The van der Waals surface area contributed by atoms with Crippen LogP contribution in [0.3, 0.4) is 0 Å². The van der Waals surface area contributed by atoms with E-state index in [2.05, 4.69) is 0 Å². The summed E-state index contributed by atoms with van der Waals surface area (Å²) in [6.07, 6.45) is 0. The molecular weight excluding hydrogens is 499 g/mol. The maximum absolute atomic E-state index is 12.0. The SMILES string of the molecule is N.N.O=c1cc(-c2ccc([O-])c([O-])c2)oc2cc([O-])cc([O-])c12.[Pt+4]. The zero-order valence-electron chi connectivity index (χ0n) is 12.1. The smallest absolute Gasteiger partial charge is 0.873 e. The van der Waals surface area contributed by atoms with Crippen LogP contribution in [-0.4, -0.2) is 0 Å². The van der Waals surface area contributed by atoms with Gasteiger partial charge in [-0.15, -0.1) is 17.2 Å². The molecule has 0 atom stereocenters. The van der Waals surface area contributed by atoms with Crippen molar-refractivity contribution >= 4 is 11.0 Å². The Labute approximate surface area is 150 Å². The normalized spacial score (nSPS) is 9.50. The Morgan fingerprint density at radius 2 is 1.46 bits per heavy atom. The summed E-state index contributed by atoms with van der Waals surface area (Å²) in [6.45, 7) is 0. The van der Waals surface area contributed by atoms with E-state index in [1.54, 1.807) is 0 Å². The van der Waals surface area contributed by atoms with Gasteiger partial charge in [0, 0.05) is 11.6 Å². The molecule has 0 aliphatic heterocycles. The second kappa shape index (κ2) is 7.83. The molecule has 8 nitrogen and oxygen atoms in total. The second-order valence-corrected chi connectivity index (χ2v) is 4.43. The van der Waals surface area contributed by atoms with Crippen molar-refractivity contribution in [2.75, 3.05) is 0 Å². The van der Waals surface area contributed by atoms with Crippen molar-refractivity contribution in [2.24, 2.45) is 0 Å².